The molecule has 194 valence electrons. The smallest absolute Gasteiger partial charge is 0.383 e. The normalized spacial score (nSPS) is 12.8. The minimum absolute atomic E-state index is 0.0582. The Labute approximate surface area is 205 Å². The van der Waals surface area contributed by atoms with Gasteiger partial charge in [0.25, 0.3) is 5.69 Å². The number of nitro groups is 1. The van der Waals surface area contributed by atoms with Crippen molar-refractivity contribution in [1.82, 2.24) is 14.9 Å². The number of nitrogens with one attached hydrogen (secondary N) is 1. The van der Waals surface area contributed by atoms with Crippen molar-refractivity contribution in [2.75, 3.05) is 19.4 Å². The molecule has 0 spiro atoms. The van der Waals surface area contributed by atoms with E-state index in [9.17, 15) is 32.9 Å². The van der Waals surface area contributed by atoms with Crippen molar-refractivity contribution >= 4 is 26.7 Å². The molecule has 0 aliphatic heterocycles. The number of halogens is 3. The number of amides is 1. The number of hydrogen-bond donors (Lipinski definition) is 2. The van der Waals surface area contributed by atoms with Gasteiger partial charge < -0.3 is 20.5 Å². The fourth-order valence-electron chi connectivity index (χ4n) is 2.98. The van der Waals surface area contributed by atoms with E-state index in [0.29, 0.717) is 12.0 Å². The van der Waals surface area contributed by atoms with Crippen LogP contribution in [0.5, 0.6) is 0 Å². The van der Waals surface area contributed by atoms with E-state index in [-0.39, 0.29) is 29.2 Å². The van der Waals surface area contributed by atoms with Crippen LogP contribution in [0.1, 0.15) is 42.1 Å². The third-order valence-corrected chi connectivity index (χ3v) is 5.32. The Kier molecular flexibility index (Phi) is 9.92. The number of nitrogens with two attached hydrogens (primary N) is 1. The Morgan fingerprint density at radius 1 is 1.42 bits per heavy atom. The minimum atomic E-state index is -5.03. The molecule has 1 amide bonds. The molecule has 3 N–H and O–H groups in total. The molecule has 2 aromatic rings. The van der Waals surface area contributed by atoms with Gasteiger partial charge in [-0.2, -0.15) is 18.2 Å². The summed E-state index contributed by atoms with van der Waals surface area (Å²) < 4.78 is 48.8. The van der Waals surface area contributed by atoms with E-state index < -0.39 is 41.3 Å². The SMILES string of the molecule is CC[C@@H](OC)n1cc(CO[C@H](P)c2ccc(C#CCNC(=O)C(F)(F)F)cc2[N+](=O)[O-])c(N)nc1=O. The standard InChI is InChI=1S/C21H23F3N5O6P/c1-3-16(34-2)28-10-13(17(25)27-20(28)31)11-35-18(36)14-7-6-12(9-15(14)29(32)33)5-4-8-26-19(30)21(22,23)24/h6-7,9-10,16,18H,3,8,11,36H2,1-2H3,(H,26,30)(H2,25,27,31)/t16-,18-/m1/s1. The van der Waals surface area contributed by atoms with Crippen LogP contribution in [0.25, 0.3) is 0 Å². The number of hydrogen-bond acceptors (Lipinski definition) is 8. The van der Waals surface area contributed by atoms with Gasteiger partial charge in [0.15, 0.2) is 0 Å². The van der Waals surface area contributed by atoms with Gasteiger partial charge in [0.05, 0.1) is 23.6 Å². The Hall–Kier alpha value is -3.53. The molecule has 0 aliphatic carbocycles. The molecule has 0 bridgehead atoms. The van der Waals surface area contributed by atoms with E-state index in [2.05, 4.69) is 26.1 Å². The third-order valence-electron chi connectivity index (χ3n) is 4.77. The molecule has 36 heavy (non-hydrogen) atoms. The van der Waals surface area contributed by atoms with Crippen molar-refractivity contribution < 1.29 is 32.4 Å². The lowest BCUT2D eigenvalue weighted by atomic mass is 10.1. The molecule has 0 saturated carbocycles. The lowest BCUT2D eigenvalue weighted by molar-refractivity contribution is -0.386. The Morgan fingerprint density at radius 3 is 2.69 bits per heavy atom. The van der Waals surface area contributed by atoms with Crippen molar-refractivity contribution in [1.29, 1.82) is 0 Å². The van der Waals surface area contributed by atoms with Crippen LogP contribution in [0.15, 0.2) is 29.2 Å². The maximum atomic E-state index is 12.2. The number of methoxy groups -OCH3 is 1. The van der Waals surface area contributed by atoms with Crippen LogP contribution in [-0.2, 0) is 20.9 Å². The summed E-state index contributed by atoms with van der Waals surface area (Å²) in [6, 6.07) is 3.94. The number of anilines is 1. The van der Waals surface area contributed by atoms with E-state index >= 15 is 0 Å². The predicted molar refractivity (Wildman–Crippen MR) is 126 cm³/mol. The maximum absolute atomic E-state index is 12.2. The summed E-state index contributed by atoms with van der Waals surface area (Å²) in [6.45, 7) is 1.09. The Morgan fingerprint density at radius 2 is 2.11 bits per heavy atom. The lowest BCUT2D eigenvalue weighted by Crippen LogP contribution is -2.36. The number of ether oxygens (including phenoxy) is 2. The van der Waals surface area contributed by atoms with Crippen molar-refractivity contribution in [2.45, 2.75) is 38.2 Å². The van der Waals surface area contributed by atoms with Gasteiger partial charge in [-0.05, 0) is 18.6 Å². The molecule has 3 atom stereocenters. The Bertz CT molecular complexity index is 1240. The van der Waals surface area contributed by atoms with Gasteiger partial charge in [0.1, 0.15) is 17.9 Å². The van der Waals surface area contributed by atoms with E-state index in [1.165, 1.54) is 30.0 Å². The zero-order valence-corrected chi connectivity index (χ0v) is 20.3. The molecule has 0 fully saturated rings. The van der Waals surface area contributed by atoms with Crippen molar-refractivity contribution in [3.05, 3.63) is 61.7 Å². The van der Waals surface area contributed by atoms with Crippen molar-refractivity contribution in [2.24, 2.45) is 0 Å². The molecule has 0 radical (unpaired) electrons. The van der Waals surface area contributed by atoms with E-state index in [0.717, 1.165) is 6.07 Å². The predicted octanol–water partition coefficient (Wildman–Crippen LogP) is 2.41. The maximum Gasteiger partial charge on any atom is 0.471 e. The highest BCUT2D eigenvalue weighted by Gasteiger charge is 2.38. The fraction of sp³-hybridized carbons (Fsp3) is 0.381. The molecule has 1 heterocycles. The monoisotopic (exact) mass is 529 g/mol. The second-order valence-electron chi connectivity index (χ2n) is 7.18. The molecular weight excluding hydrogens is 506 g/mol. The Balaban J connectivity index is 2.18. The zero-order valence-electron chi connectivity index (χ0n) is 19.2. The second kappa shape index (κ2) is 12.4. The number of rotatable bonds is 9. The van der Waals surface area contributed by atoms with E-state index in [1.54, 1.807) is 5.32 Å². The van der Waals surface area contributed by atoms with Crippen LogP contribution in [-0.4, -0.2) is 40.2 Å². The van der Waals surface area contributed by atoms with Gasteiger partial charge >= 0.3 is 17.8 Å². The molecular formula is C21H23F3N5O6P. The number of carbonyl (C=O) groups excluding carboxylic acids is 1. The van der Waals surface area contributed by atoms with Gasteiger partial charge in [-0.25, -0.2) is 4.79 Å². The number of alkyl halides is 3. The average Bonchev–Trinajstić information content (AvgIpc) is 2.81. The van der Waals surface area contributed by atoms with Crippen LogP contribution in [0.3, 0.4) is 0 Å². The highest BCUT2D eigenvalue weighted by Crippen LogP contribution is 2.34. The highest BCUT2D eigenvalue weighted by atomic mass is 31.0. The van der Waals surface area contributed by atoms with Gasteiger partial charge in [-0.1, -0.05) is 18.8 Å². The summed E-state index contributed by atoms with van der Waals surface area (Å²) in [5, 5.41) is 13.2. The summed E-state index contributed by atoms with van der Waals surface area (Å²) in [5.74, 6) is 1.69. The summed E-state index contributed by atoms with van der Waals surface area (Å²) in [7, 11) is 3.75. The quantitative estimate of drug-likeness (QED) is 0.218. The van der Waals surface area contributed by atoms with Crippen molar-refractivity contribution in [3.8, 4) is 11.8 Å². The third kappa shape index (κ3) is 7.48. The molecule has 1 unspecified atom stereocenters. The first-order chi connectivity index (χ1) is 16.9. The summed E-state index contributed by atoms with van der Waals surface area (Å²) in [5.41, 5.74) is 5.57. The summed E-state index contributed by atoms with van der Waals surface area (Å²) >= 11 is 0. The minimum Gasteiger partial charge on any atom is -0.383 e. The van der Waals surface area contributed by atoms with Crippen LogP contribution in [0.2, 0.25) is 0 Å². The molecule has 2 rings (SSSR count). The van der Waals surface area contributed by atoms with Crippen LogP contribution in [0.4, 0.5) is 24.7 Å². The lowest BCUT2D eigenvalue weighted by Gasteiger charge is -2.19. The van der Waals surface area contributed by atoms with Crippen molar-refractivity contribution in [3.63, 3.8) is 0 Å². The van der Waals surface area contributed by atoms with Crippen LogP contribution in [0, 0.1) is 22.0 Å². The number of nitrogens with zero attached hydrogens (tertiary/aromatic N) is 3. The number of aromatic nitrogens is 2. The van der Waals surface area contributed by atoms with Crippen LogP contribution < -0.4 is 16.7 Å². The number of benzene rings is 1. The number of nitro benzene ring substituents is 1. The summed E-state index contributed by atoms with van der Waals surface area (Å²) in [6.07, 6.45) is -3.66. The van der Waals surface area contributed by atoms with Gasteiger partial charge in [-0.15, -0.1) is 9.24 Å². The largest absolute Gasteiger partial charge is 0.471 e. The van der Waals surface area contributed by atoms with E-state index in [4.69, 9.17) is 15.2 Å². The molecule has 0 aliphatic rings. The first-order valence-corrected chi connectivity index (χ1v) is 10.9. The zero-order chi connectivity index (χ0) is 27.0. The fourth-order valence-corrected chi connectivity index (χ4v) is 3.35. The van der Waals surface area contributed by atoms with Gasteiger partial charge in [0, 0.05) is 30.5 Å². The first-order valence-electron chi connectivity index (χ1n) is 10.3. The van der Waals surface area contributed by atoms with Crippen LogP contribution >= 0.6 is 9.24 Å². The van der Waals surface area contributed by atoms with Gasteiger partial charge in [0.2, 0.25) is 0 Å². The molecule has 1 aromatic heterocycles. The average molecular weight is 529 g/mol. The molecule has 0 saturated heterocycles. The molecule has 15 heteroatoms. The topological polar surface area (TPSA) is 152 Å². The van der Waals surface area contributed by atoms with Gasteiger partial charge in [-0.3, -0.25) is 19.5 Å². The number of carbonyl (C=O) groups is 1. The molecule has 11 nitrogen and oxygen atoms in total. The number of nitrogen functional groups attached to an aromatic ring is 1. The van der Waals surface area contributed by atoms with E-state index in [1.807, 2.05) is 6.92 Å². The highest BCUT2D eigenvalue weighted by molar-refractivity contribution is 7.16. The second-order valence-corrected chi connectivity index (χ2v) is 7.79. The first kappa shape index (κ1) is 28.7. The molecule has 1 aromatic carbocycles. The summed E-state index contributed by atoms with van der Waals surface area (Å²) in [4.78, 5) is 37.6.